The van der Waals surface area contributed by atoms with Crippen LogP contribution in [0, 0.1) is 13.8 Å². The van der Waals surface area contributed by atoms with Crippen molar-refractivity contribution < 1.29 is 23.9 Å². The molecule has 2 aromatic carbocycles. The lowest BCUT2D eigenvalue weighted by Gasteiger charge is -2.13. The molecule has 3 aromatic rings. The number of aromatic nitrogens is 1. The topological polar surface area (TPSA) is 111 Å². The monoisotopic (exact) mass is 458 g/mol. The van der Waals surface area contributed by atoms with E-state index in [1.165, 1.54) is 20.3 Å². The average molecular weight is 458 g/mol. The van der Waals surface area contributed by atoms with Crippen LogP contribution in [0.3, 0.4) is 0 Å². The number of carbonyl (C=O) groups is 3. The van der Waals surface area contributed by atoms with Gasteiger partial charge in [0.05, 0.1) is 37.2 Å². The Kier molecular flexibility index (Phi) is 6.09. The number of rotatable bonds is 5. The number of methoxy groups -OCH3 is 2. The Labute approximate surface area is 195 Å². The number of aryl methyl sites for hydroxylation is 1. The van der Waals surface area contributed by atoms with Gasteiger partial charge in [-0.05, 0) is 44.2 Å². The predicted octanol–water partition coefficient (Wildman–Crippen LogP) is 3.44. The molecule has 0 bridgehead atoms. The molecule has 0 fully saturated rings. The number of nitrogens with zero attached hydrogens (tertiary/aromatic N) is 3. The standard InChI is InChI=1S/C25H22N4O5/c1-14-9-18(13-26-28-22-20-7-5-6-8-21(20)27-23(22)30)15(2)29(14)19-11-16(24(31)33-3)10-17(12-19)25(32)34-4/h5-13H,1-4H3,(H,27,28,30)/b26-13-. The highest BCUT2D eigenvalue weighted by Crippen LogP contribution is 2.24. The van der Waals surface area contributed by atoms with E-state index in [-0.39, 0.29) is 22.7 Å². The van der Waals surface area contributed by atoms with Gasteiger partial charge in [-0.3, -0.25) is 4.79 Å². The molecule has 9 heteroatoms. The third kappa shape index (κ3) is 4.11. The van der Waals surface area contributed by atoms with E-state index in [2.05, 4.69) is 15.5 Å². The Morgan fingerprint density at radius 3 is 2.26 bits per heavy atom. The zero-order valence-corrected chi connectivity index (χ0v) is 19.1. The second-order valence-electron chi connectivity index (χ2n) is 7.61. The highest BCUT2D eigenvalue weighted by Gasteiger charge is 2.25. The van der Waals surface area contributed by atoms with Gasteiger partial charge >= 0.3 is 11.9 Å². The van der Waals surface area contributed by atoms with Crippen LogP contribution >= 0.6 is 0 Å². The van der Waals surface area contributed by atoms with E-state index in [0.717, 1.165) is 17.0 Å². The largest absolute Gasteiger partial charge is 0.465 e. The lowest BCUT2D eigenvalue weighted by atomic mass is 10.1. The van der Waals surface area contributed by atoms with Crippen LogP contribution in [-0.2, 0) is 14.3 Å². The van der Waals surface area contributed by atoms with Crippen molar-refractivity contribution in [1.82, 2.24) is 4.57 Å². The molecule has 1 aromatic heterocycles. The number of benzene rings is 2. The molecule has 1 aliphatic rings. The molecule has 0 radical (unpaired) electrons. The Hall–Kier alpha value is -4.53. The fourth-order valence-electron chi connectivity index (χ4n) is 3.88. The molecule has 0 spiro atoms. The zero-order valence-electron chi connectivity index (χ0n) is 19.1. The molecule has 172 valence electrons. The van der Waals surface area contributed by atoms with Gasteiger partial charge in [0.1, 0.15) is 0 Å². The minimum Gasteiger partial charge on any atom is -0.465 e. The van der Waals surface area contributed by atoms with Crippen molar-refractivity contribution in [1.29, 1.82) is 0 Å². The van der Waals surface area contributed by atoms with Crippen molar-refractivity contribution in [2.45, 2.75) is 13.8 Å². The Morgan fingerprint density at radius 2 is 1.62 bits per heavy atom. The van der Waals surface area contributed by atoms with E-state index in [4.69, 9.17) is 9.47 Å². The number of esters is 2. The summed E-state index contributed by atoms with van der Waals surface area (Å²) in [5.74, 6) is -1.44. The molecule has 0 saturated heterocycles. The van der Waals surface area contributed by atoms with Crippen LogP contribution in [0.15, 0.2) is 58.7 Å². The van der Waals surface area contributed by atoms with E-state index >= 15 is 0 Å². The molecule has 0 aliphatic carbocycles. The molecule has 0 atom stereocenters. The van der Waals surface area contributed by atoms with Gasteiger partial charge in [0.15, 0.2) is 5.71 Å². The first-order valence-electron chi connectivity index (χ1n) is 10.4. The molecule has 34 heavy (non-hydrogen) atoms. The van der Waals surface area contributed by atoms with Crippen LogP contribution < -0.4 is 5.32 Å². The minimum atomic E-state index is -0.567. The summed E-state index contributed by atoms with van der Waals surface area (Å²) in [4.78, 5) is 36.5. The van der Waals surface area contributed by atoms with Crippen molar-refractivity contribution >= 4 is 35.5 Å². The summed E-state index contributed by atoms with van der Waals surface area (Å²) < 4.78 is 11.5. The van der Waals surface area contributed by atoms with Crippen molar-refractivity contribution in [3.05, 3.63) is 82.2 Å². The van der Waals surface area contributed by atoms with Crippen molar-refractivity contribution in [3.63, 3.8) is 0 Å². The molecular weight excluding hydrogens is 436 g/mol. The number of ether oxygens (including phenoxy) is 2. The lowest BCUT2D eigenvalue weighted by molar-refractivity contribution is -0.110. The second kappa shape index (κ2) is 9.14. The number of hydrogen-bond donors (Lipinski definition) is 1. The number of hydrogen-bond acceptors (Lipinski definition) is 7. The molecule has 2 heterocycles. The fraction of sp³-hybridized carbons (Fsp3) is 0.160. The number of fused-ring (bicyclic) bond motifs is 1. The Balaban J connectivity index is 1.72. The third-order valence-electron chi connectivity index (χ3n) is 5.49. The number of carbonyl (C=O) groups excluding carboxylic acids is 3. The highest BCUT2D eigenvalue weighted by molar-refractivity contribution is 6.53. The molecule has 0 saturated carbocycles. The lowest BCUT2D eigenvalue weighted by Crippen LogP contribution is -2.13. The maximum atomic E-state index is 12.2. The molecule has 9 nitrogen and oxygen atoms in total. The summed E-state index contributed by atoms with van der Waals surface area (Å²) in [5.41, 5.74) is 5.08. The van der Waals surface area contributed by atoms with E-state index in [0.29, 0.717) is 16.9 Å². The zero-order chi connectivity index (χ0) is 24.4. The van der Waals surface area contributed by atoms with Crippen LogP contribution in [-0.4, -0.2) is 48.6 Å². The highest BCUT2D eigenvalue weighted by atomic mass is 16.5. The Morgan fingerprint density at radius 1 is 0.971 bits per heavy atom. The van der Waals surface area contributed by atoms with Gasteiger partial charge in [0.2, 0.25) is 0 Å². The minimum absolute atomic E-state index is 0.223. The molecule has 1 aliphatic heterocycles. The summed E-state index contributed by atoms with van der Waals surface area (Å²) in [6, 6.07) is 13.9. The van der Waals surface area contributed by atoms with Crippen LogP contribution in [0.5, 0.6) is 0 Å². The van der Waals surface area contributed by atoms with Gasteiger partial charge in [-0.15, -0.1) is 5.10 Å². The van der Waals surface area contributed by atoms with Gasteiger partial charge in [-0.25, -0.2) is 9.59 Å². The van der Waals surface area contributed by atoms with Crippen molar-refractivity contribution in [2.75, 3.05) is 19.5 Å². The smallest absolute Gasteiger partial charge is 0.337 e. The average Bonchev–Trinajstić information content (AvgIpc) is 3.32. The van der Waals surface area contributed by atoms with E-state index in [9.17, 15) is 14.4 Å². The van der Waals surface area contributed by atoms with E-state index in [1.54, 1.807) is 30.5 Å². The maximum Gasteiger partial charge on any atom is 0.337 e. The molecular formula is C25H22N4O5. The summed E-state index contributed by atoms with van der Waals surface area (Å²) in [6.07, 6.45) is 1.56. The number of anilines is 1. The summed E-state index contributed by atoms with van der Waals surface area (Å²) >= 11 is 0. The summed E-state index contributed by atoms with van der Waals surface area (Å²) in [6.45, 7) is 3.77. The van der Waals surface area contributed by atoms with Crippen molar-refractivity contribution in [3.8, 4) is 5.69 Å². The van der Waals surface area contributed by atoms with Gasteiger partial charge in [0.25, 0.3) is 5.91 Å². The predicted molar refractivity (Wildman–Crippen MR) is 127 cm³/mol. The number of amides is 1. The third-order valence-corrected chi connectivity index (χ3v) is 5.49. The summed E-state index contributed by atoms with van der Waals surface area (Å²) in [7, 11) is 2.55. The number of para-hydroxylation sites is 1. The maximum absolute atomic E-state index is 12.2. The molecule has 1 N–H and O–H groups in total. The van der Waals surface area contributed by atoms with Gasteiger partial charge in [0, 0.05) is 28.2 Å². The SMILES string of the molecule is COC(=O)c1cc(C(=O)OC)cc(-n2c(C)cc(/C=N\N=C3/C(=O)Nc4ccccc43)c2C)c1. The first kappa shape index (κ1) is 22.7. The van der Waals surface area contributed by atoms with E-state index < -0.39 is 11.9 Å². The summed E-state index contributed by atoms with van der Waals surface area (Å²) in [5, 5.41) is 11.0. The van der Waals surface area contributed by atoms with Crippen LogP contribution in [0.2, 0.25) is 0 Å². The Bertz CT molecular complexity index is 1350. The first-order chi connectivity index (χ1) is 16.3. The van der Waals surface area contributed by atoms with Crippen LogP contribution in [0.25, 0.3) is 5.69 Å². The fourth-order valence-corrected chi connectivity index (χ4v) is 3.88. The molecule has 1 amide bonds. The van der Waals surface area contributed by atoms with Crippen LogP contribution in [0.4, 0.5) is 5.69 Å². The van der Waals surface area contributed by atoms with Crippen LogP contribution in [0.1, 0.15) is 43.2 Å². The van der Waals surface area contributed by atoms with Crippen molar-refractivity contribution in [2.24, 2.45) is 10.2 Å². The number of nitrogens with one attached hydrogen (secondary N) is 1. The quantitative estimate of drug-likeness (QED) is 0.358. The van der Waals surface area contributed by atoms with Gasteiger partial charge in [-0.1, -0.05) is 18.2 Å². The molecule has 0 unspecified atom stereocenters. The second-order valence-corrected chi connectivity index (χ2v) is 7.61. The first-order valence-corrected chi connectivity index (χ1v) is 10.4. The van der Waals surface area contributed by atoms with Gasteiger partial charge in [-0.2, -0.15) is 5.10 Å². The van der Waals surface area contributed by atoms with Gasteiger partial charge < -0.3 is 19.4 Å². The van der Waals surface area contributed by atoms with E-state index in [1.807, 2.05) is 36.6 Å². The normalized spacial score (nSPS) is 13.8. The molecule has 4 rings (SSSR count).